The summed E-state index contributed by atoms with van der Waals surface area (Å²) < 4.78 is 75.2. The quantitative estimate of drug-likeness (QED) is 0.668. The standard InChI is InChI=1S/C11H8ClF6NO/c12-1-2-19-9(20)6-3-7(10(13,14)15)5-8(4-6)11(16,17)18/h3-5H,1-2H2,(H,19,20). The van der Waals surface area contributed by atoms with Crippen LogP contribution in [0.2, 0.25) is 0 Å². The van der Waals surface area contributed by atoms with Gasteiger partial charge in [-0.25, -0.2) is 0 Å². The lowest BCUT2D eigenvalue weighted by molar-refractivity contribution is -0.143. The zero-order valence-corrected chi connectivity index (χ0v) is 10.5. The van der Waals surface area contributed by atoms with Crippen molar-refractivity contribution in [1.29, 1.82) is 0 Å². The van der Waals surface area contributed by atoms with Crippen molar-refractivity contribution in [3.63, 3.8) is 0 Å². The predicted molar refractivity (Wildman–Crippen MR) is 59.5 cm³/mol. The summed E-state index contributed by atoms with van der Waals surface area (Å²) in [5.74, 6) is -1.07. The first-order chi connectivity index (χ1) is 9.05. The lowest BCUT2D eigenvalue weighted by Crippen LogP contribution is -2.26. The van der Waals surface area contributed by atoms with Gasteiger partial charge in [0.25, 0.3) is 5.91 Å². The van der Waals surface area contributed by atoms with Crippen molar-refractivity contribution in [2.45, 2.75) is 12.4 Å². The molecule has 2 nitrogen and oxygen atoms in total. The zero-order valence-electron chi connectivity index (χ0n) is 9.70. The van der Waals surface area contributed by atoms with Gasteiger partial charge in [0.15, 0.2) is 0 Å². The first-order valence-corrected chi connectivity index (χ1v) is 5.73. The SMILES string of the molecule is O=C(NCCCl)c1cc(C(F)(F)F)cc(C(F)(F)F)c1. The number of halogens is 7. The molecule has 0 aliphatic rings. The summed E-state index contributed by atoms with van der Waals surface area (Å²) >= 11 is 5.27. The van der Waals surface area contributed by atoms with Gasteiger partial charge in [-0.1, -0.05) is 0 Å². The second-order valence-electron chi connectivity index (χ2n) is 3.74. The smallest absolute Gasteiger partial charge is 0.351 e. The average molecular weight is 320 g/mol. The highest BCUT2D eigenvalue weighted by molar-refractivity contribution is 6.18. The van der Waals surface area contributed by atoms with Gasteiger partial charge in [-0.05, 0) is 18.2 Å². The number of hydrogen-bond acceptors (Lipinski definition) is 1. The molecule has 9 heteroatoms. The van der Waals surface area contributed by atoms with Crippen molar-refractivity contribution >= 4 is 17.5 Å². The Morgan fingerprint density at radius 3 is 1.80 bits per heavy atom. The molecule has 1 amide bonds. The van der Waals surface area contributed by atoms with Crippen molar-refractivity contribution in [2.24, 2.45) is 0 Å². The van der Waals surface area contributed by atoms with Gasteiger partial charge in [0.2, 0.25) is 0 Å². The van der Waals surface area contributed by atoms with Crippen molar-refractivity contribution in [3.8, 4) is 0 Å². The molecule has 0 atom stereocenters. The summed E-state index contributed by atoms with van der Waals surface area (Å²) in [5, 5.41) is 2.10. The van der Waals surface area contributed by atoms with Crippen molar-refractivity contribution in [2.75, 3.05) is 12.4 Å². The number of nitrogens with one attached hydrogen (secondary N) is 1. The molecule has 1 aromatic carbocycles. The van der Waals surface area contributed by atoms with Gasteiger partial charge in [0.05, 0.1) is 11.1 Å². The summed E-state index contributed by atoms with van der Waals surface area (Å²) in [6, 6.07) is 0.677. The Balaban J connectivity index is 3.27. The minimum atomic E-state index is -4.98. The zero-order chi connectivity index (χ0) is 15.6. The minimum Gasteiger partial charge on any atom is -0.351 e. The molecular weight excluding hydrogens is 312 g/mol. The molecule has 0 radical (unpaired) electrons. The molecule has 20 heavy (non-hydrogen) atoms. The van der Waals surface area contributed by atoms with Gasteiger partial charge in [-0.15, -0.1) is 11.6 Å². The Bertz CT molecular complexity index is 464. The van der Waals surface area contributed by atoms with Crippen molar-refractivity contribution in [3.05, 3.63) is 34.9 Å². The molecule has 0 unspecified atom stereocenters. The van der Waals surface area contributed by atoms with Crippen LogP contribution in [0.5, 0.6) is 0 Å². The molecule has 1 rings (SSSR count). The lowest BCUT2D eigenvalue weighted by atomic mass is 10.0. The number of rotatable bonds is 3. The molecule has 1 aromatic rings. The molecule has 0 fully saturated rings. The van der Waals surface area contributed by atoms with E-state index in [0.29, 0.717) is 12.1 Å². The first-order valence-electron chi connectivity index (χ1n) is 5.19. The molecule has 0 aliphatic heterocycles. The van der Waals surface area contributed by atoms with Crippen LogP contribution < -0.4 is 5.32 Å². The molecular formula is C11H8ClF6NO. The molecule has 112 valence electrons. The van der Waals surface area contributed by atoms with Gasteiger partial charge in [-0.2, -0.15) is 26.3 Å². The third-order valence-electron chi connectivity index (χ3n) is 2.23. The highest BCUT2D eigenvalue weighted by atomic mass is 35.5. The Morgan fingerprint density at radius 1 is 1.00 bits per heavy atom. The van der Waals surface area contributed by atoms with Gasteiger partial charge in [0.1, 0.15) is 0 Å². The lowest BCUT2D eigenvalue weighted by Gasteiger charge is -2.14. The second kappa shape index (κ2) is 5.90. The molecule has 1 N–H and O–H groups in total. The van der Waals surface area contributed by atoms with Crippen LogP contribution in [0.15, 0.2) is 18.2 Å². The summed E-state index contributed by atoms with van der Waals surface area (Å²) in [4.78, 5) is 11.5. The predicted octanol–water partition coefficient (Wildman–Crippen LogP) is 3.69. The summed E-state index contributed by atoms with van der Waals surface area (Å²) in [7, 11) is 0. The van der Waals surface area contributed by atoms with E-state index in [-0.39, 0.29) is 18.5 Å². The molecule has 0 saturated carbocycles. The fourth-order valence-electron chi connectivity index (χ4n) is 1.35. The molecule has 0 saturated heterocycles. The maximum atomic E-state index is 12.5. The maximum absolute atomic E-state index is 12.5. The largest absolute Gasteiger partial charge is 0.416 e. The van der Waals surface area contributed by atoms with Crippen LogP contribution in [0, 0.1) is 0 Å². The highest BCUT2D eigenvalue weighted by Gasteiger charge is 2.37. The van der Waals surface area contributed by atoms with E-state index >= 15 is 0 Å². The van der Waals surface area contributed by atoms with E-state index in [0.717, 1.165) is 0 Å². The van der Waals surface area contributed by atoms with Crippen LogP contribution in [0.1, 0.15) is 21.5 Å². The van der Waals surface area contributed by atoms with Crippen LogP contribution in [-0.2, 0) is 12.4 Å². The van der Waals surface area contributed by atoms with Crippen molar-refractivity contribution in [1.82, 2.24) is 5.32 Å². The maximum Gasteiger partial charge on any atom is 0.416 e. The van der Waals surface area contributed by atoms with Gasteiger partial charge in [-0.3, -0.25) is 4.79 Å². The third-order valence-corrected chi connectivity index (χ3v) is 2.42. The second-order valence-corrected chi connectivity index (χ2v) is 4.12. The number of carbonyl (C=O) groups excluding carboxylic acids is 1. The van der Waals surface area contributed by atoms with E-state index in [9.17, 15) is 31.1 Å². The van der Waals surface area contributed by atoms with Gasteiger partial charge >= 0.3 is 12.4 Å². The average Bonchev–Trinajstić information content (AvgIpc) is 2.33. The highest BCUT2D eigenvalue weighted by Crippen LogP contribution is 2.36. The topological polar surface area (TPSA) is 29.1 Å². The number of amides is 1. The number of hydrogen-bond donors (Lipinski definition) is 1. The van der Waals surface area contributed by atoms with E-state index in [1.165, 1.54) is 0 Å². The van der Waals surface area contributed by atoms with Crippen LogP contribution in [0.4, 0.5) is 26.3 Å². The van der Waals surface area contributed by atoms with Crippen molar-refractivity contribution < 1.29 is 31.1 Å². The van der Waals surface area contributed by atoms with Crippen LogP contribution >= 0.6 is 11.6 Å². The van der Waals surface area contributed by atoms with E-state index in [2.05, 4.69) is 5.32 Å². The van der Waals surface area contributed by atoms with E-state index < -0.39 is 35.0 Å². The number of benzene rings is 1. The van der Waals surface area contributed by atoms with Crippen LogP contribution in [0.3, 0.4) is 0 Å². The normalized spacial score (nSPS) is 12.3. The van der Waals surface area contributed by atoms with E-state index in [1.807, 2.05) is 0 Å². The molecule has 0 aromatic heterocycles. The Kier molecular flexibility index (Phi) is 4.90. The van der Waals surface area contributed by atoms with Crippen LogP contribution in [-0.4, -0.2) is 18.3 Å². The number of carbonyl (C=O) groups is 1. The van der Waals surface area contributed by atoms with Crippen LogP contribution in [0.25, 0.3) is 0 Å². The fourth-order valence-corrected chi connectivity index (χ4v) is 1.44. The monoisotopic (exact) mass is 319 g/mol. The molecule has 0 heterocycles. The third kappa shape index (κ3) is 4.29. The van der Waals surface area contributed by atoms with E-state index in [1.54, 1.807) is 0 Å². The molecule has 0 aliphatic carbocycles. The Hall–Kier alpha value is -1.44. The summed E-state index contributed by atoms with van der Waals surface area (Å²) in [5.41, 5.74) is -3.80. The van der Waals surface area contributed by atoms with Gasteiger partial charge < -0.3 is 5.32 Å². The van der Waals surface area contributed by atoms with E-state index in [4.69, 9.17) is 11.6 Å². The minimum absolute atomic E-state index is 0.0170. The first kappa shape index (κ1) is 16.6. The summed E-state index contributed by atoms with van der Waals surface area (Å²) in [6.07, 6.45) is -9.97. The fraction of sp³-hybridized carbons (Fsp3) is 0.364. The summed E-state index contributed by atoms with van der Waals surface area (Å²) in [6.45, 7) is -0.0714. The Morgan fingerprint density at radius 2 is 1.45 bits per heavy atom. The van der Waals surface area contributed by atoms with Gasteiger partial charge in [0, 0.05) is 18.0 Å². The Labute approximate surface area is 114 Å². The number of alkyl halides is 7. The molecule has 0 spiro atoms. The molecule has 0 bridgehead atoms.